The minimum absolute atomic E-state index is 0.205. The first kappa shape index (κ1) is 20.1. The van der Waals surface area contributed by atoms with Crippen molar-refractivity contribution >= 4 is 5.82 Å². The van der Waals surface area contributed by atoms with Gasteiger partial charge in [-0.3, -0.25) is 9.80 Å². The van der Waals surface area contributed by atoms with Gasteiger partial charge in [0.2, 0.25) is 0 Å². The Balaban J connectivity index is 1.31. The van der Waals surface area contributed by atoms with Crippen molar-refractivity contribution in [2.75, 3.05) is 57.3 Å². The quantitative estimate of drug-likeness (QED) is 0.738. The Morgan fingerprint density at radius 3 is 2.56 bits per heavy atom. The number of aromatic nitrogens is 1. The average molecular weight is 375 g/mol. The summed E-state index contributed by atoms with van der Waals surface area (Å²) in [5.41, 5.74) is 0. The molecule has 0 amide bonds. The van der Waals surface area contributed by atoms with E-state index in [0.29, 0.717) is 18.5 Å². The molecule has 0 unspecified atom stereocenters. The maximum atomic E-state index is 13.8. The van der Waals surface area contributed by atoms with Gasteiger partial charge in [0.1, 0.15) is 6.61 Å². The van der Waals surface area contributed by atoms with E-state index in [-0.39, 0.29) is 11.9 Å². The van der Waals surface area contributed by atoms with Gasteiger partial charge in [-0.2, -0.15) is 0 Å². The van der Waals surface area contributed by atoms with Gasteiger partial charge in [0.25, 0.3) is 0 Å². The van der Waals surface area contributed by atoms with E-state index in [4.69, 9.17) is 4.74 Å². The van der Waals surface area contributed by atoms with Crippen molar-refractivity contribution in [3.8, 4) is 11.8 Å². The molecule has 1 aromatic rings. The van der Waals surface area contributed by atoms with E-state index in [1.807, 2.05) is 4.90 Å². The van der Waals surface area contributed by atoms with E-state index in [9.17, 15) is 4.39 Å². The molecule has 5 nitrogen and oxygen atoms in total. The predicted octanol–water partition coefficient (Wildman–Crippen LogP) is 2.24. The molecule has 0 spiro atoms. The summed E-state index contributed by atoms with van der Waals surface area (Å²) in [6.07, 6.45) is 3.61. The van der Waals surface area contributed by atoms with Crippen LogP contribution in [0.3, 0.4) is 0 Å². The number of rotatable bonds is 5. The van der Waals surface area contributed by atoms with Crippen LogP contribution in [0, 0.1) is 17.7 Å². The fourth-order valence-corrected chi connectivity index (χ4v) is 3.66. The molecule has 6 heteroatoms. The second-order valence-electron chi connectivity index (χ2n) is 7.57. The average Bonchev–Trinajstić information content (AvgIpc) is 2.69. The Morgan fingerprint density at radius 2 is 1.89 bits per heavy atom. The standard InChI is InChI=1S/C21H31FN4O/c1-18(2)25-15-13-24(14-16-25)10-3-4-17-27-19-7-11-26(12-8-19)21-20(22)6-5-9-23-21/h5-6,9,18-19H,7-8,10-17H2,1-2H3. The van der Waals surface area contributed by atoms with Gasteiger partial charge in [-0.25, -0.2) is 9.37 Å². The van der Waals surface area contributed by atoms with Gasteiger partial charge in [0.05, 0.1) is 12.6 Å². The van der Waals surface area contributed by atoms with Crippen LogP contribution in [0.4, 0.5) is 10.2 Å². The van der Waals surface area contributed by atoms with E-state index in [1.54, 1.807) is 12.3 Å². The molecular weight excluding hydrogens is 343 g/mol. The van der Waals surface area contributed by atoms with Crippen LogP contribution in [-0.4, -0.2) is 79.3 Å². The van der Waals surface area contributed by atoms with Gasteiger partial charge >= 0.3 is 0 Å². The molecule has 0 N–H and O–H groups in total. The number of hydrogen-bond acceptors (Lipinski definition) is 5. The van der Waals surface area contributed by atoms with Crippen molar-refractivity contribution < 1.29 is 9.13 Å². The minimum atomic E-state index is -0.253. The Morgan fingerprint density at radius 1 is 1.15 bits per heavy atom. The first-order valence-corrected chi connectivity index (χ1v) is 10.0. The highest BCUT2D eigenvalue weighted by molar-refractivity contribution is 5.39. The lowest BCUT2D eigenvalue weighted by Crippen LogP contribution is -2.48. The molecule has 3 rings (SSSR count). The molecule has 2 fully saturated rings. The number of piperazine rings is 1. The molecule has 2 aliphatic rings. The summed E-state index contributed by atoms with van der Waals surface area (Å²) < 4.78 is 19.7. The van der Waals surface area contributed by atoms with Crippen LogP contribution in [0.5, 0.6) is 0 Å². The number of piperidine rings is 1. The van der Waals surface area contributed by atoms with Crippen molar-refractivity contribution in [1.29, 1.82) is 0 Å². The van der Waals surface area contributed by atoms with E-state index >= 15 is 0 Å². The molecule has 1 aromatic heterocycles. The Kier molecular flexibility index (Phi) is 7.45. The molecule has 3 heterocycles. The highest BCUT2D eigenvalue weighted by Crippen LogP contribution is 2.21. The number of ether oxygens (including phenoxy) is 1. The number of hydrogen-bond donors (Lipinski definition) is 0. The topological polar surface area (TPSA) is 31.8 Å². The molecule has 0 atom stereocenters. The third-order valence-corrected chi connectivity index (χ3v) is 5.44. The first-order valence-electron chi connectivity index (χ1n) is 10.0. The molecule has 2 saturated heterocycles. The smallest absolute Gasteiger partial charge is 0.165 e. The number of pyridine rings is 1. The number of nitrogens with zero attached hydrogens (tertiary/aromatic N) is 4. The van der Waals surface area contributed by atoms with E-state index in [0.717, 1.165) is 58.7 Å². The van der Waals surface area contributed by atoms with Gasteiger partial charge in [0.15, 0.2) is 11.6 Å². The molecule has 0 aromatic carbocycles. The van der Waals surface area contributed by atoms with E-state index in [2.05, 4.69) is 40.5 Å². The highest BCUT2D eigenvalue weighted by atomic mass is 19.1. The molecule has 0 radical (unpaired) electrons. The third kappa shape index (κ3) is 5.90. The lowest BCUT2D eigenvalue weighted by atomic mass is 10.1. The van der Waals surface area contributed by atoms with Gasteiger partial charge in [-0.15, -0.1) is 0 Å². The molecule has 0 bridgehead atoms. The summed E-state index contributed by atoms with van der Waals surface area (Å²) >= 11 is 0. The molecule has 2 aliphatic heterocycles. The summed E-state index contributed by atoms with van der Waals surface area (Å²) in [5, 5.41) is 0. The van der Waals surface area contributed by atoms with Crippen LogP contribution in [0.1, 0.15) is 26.7 Å². The van der Waals surface area contributed by atoms with Crippen LogP contribution in [0.15, 0.2) is 18.3 Å². The zero-order valence-electron chi connectivity index (χ0n) is 16.5. The Labute approximate surface area is 162 Å². The van der Waals surface area contributed by atoms with E-state index < -0.39 is 0 Å². The maximum Gasteiger partial charge on any atom is 0.165 e. The fraction of sp³-hybridized carbons (Fsp3) is 0.667. The van der Waals surface area contributed by atoms with Crippen LogP contribution >= 0.6 is 0 Å². The SMILES string of the molecule is CC(C)N1CCN(CC#CCOC2CCN(c3ncccc3F)CC2)CC1. The van der Waals surface area contributed by atoms with Crippen LogP contribution < -0.4 is 4.90 Å². The van der Waals surface area contributed by atoms with Gasteiger partial charge in [-0.05, 0) is 38.8 Å². The predicted molar refractivity (Wildman–Crippen MR) is 106 cm³/mol. The second-order valence-corrected chi connectivity index (χ2v) is 7.57. The lowest BCUT2D eigenvalue weighted by Gasteiger charge is -2.36. The number of anilines is 1. The summed E-state index contributed by atoms with van der Waals surface area (Å²) in [6, 6.07) is 3.72. The normalized spacial score (nSPS) is 19.9. The molecular formula is C21H31FN4O. The molecule has 27 heavy (non-hydrogen) atoms. The van der Waals surface area contributed by atoms with Crippen molar-refractivity contribution in [1.82, 2.24) is 14.8 Å². The van der Waals surface area contributed by atoms with Crippen molar-refractivity contribution in [3.63, 3.8) is 0 Å². The Hall–Kier alpha value is -1.68. The van der Waals surface area contributed by atoms with Crippen molar-refractivity contribution in [2.45, 2.75) is 38.8 Å². The number of halogens is 1. The van der Waals surface area contributed by atoms with Crippen molar-refractivity contribution in [2.24, 2.45) is 0 Å². The van der Waals surface area contributed by atoms with Gasteiger partial charge in [0, 0.05) is 51.5 Å². The summed E-state index contributed by atoms with van der Waals surface area (Å²) in [5.74, 6) is 6.60. The largest absolute Gasteiger partial charge is 0.365 e. The summed E-state index contributed by atoms with van der Waals surface area (Å²) in [7, 11) is 0. The zero-order chi connectivity index (χ0) is 19.1. The third-order valence-electron chi connectivity index (χ3n) is 5.44. The molecule has 0 aliphatic carbocycles. The minimum Gasteiger partial charge on any atom is -0.365 e. The van der Waals surface area contributed by atoms with Gasteiger partial charge < -0.3 is 9.64 Å². The Bertz CT molecular complexity index is 641. The first-order chi connectivity index (χ1) is 13.1. The zero-order valence-corrected chi connectivity index (χ0v) is 16.5. The fourth-order valence-electron chi connectivity index (χ4n) is 3.66. The van der Waals surface area contributed by atoms with Gasteiger partial charge in [-0.1, -0.05) is 11.8 Å². The van der Waals surface area contributed by atoms with E-state index in [1.165, 1.54) is 6.07 Å². The van der Waals surface area contributed by atoms with Crippen LogP contribution in [0.25, 0.3) is 0 Å². The summed E-state index contributed by atoms with van der Waals surface area (Å²) in [4.78, 5) is 11.1. The summed E-state index contributed by atoms with van der Waals surface area (Å²) in [6.45, 7) is 11.8. The second kappa shape index (κ2) is 10.0. The lowest BCUT2D eigenvalue weighted by molar-refractivity contribution is 0.0592. The maximum absolute atomic E-state index is 13.8. The van der Waals surface area contributed by atoms with Crippen molar-refractivity contribution in [3.05, 3.63) is 24.1 Å². The highest BCUT2D eigenvalue weighted by Gasteiger charge is 2.22. The van der Waals surface area contributed by atoms with Crippen LogP contribution in [-0.2, 0) is 4.74 Å². The van der Waals surface area contributed by atoms with Crippen LogP contribution in [0.2, 0.25) is 0 Å². The monoisotopic (exact) mass is 374 g/mol. The molecule has 0 saturated carbocycles. The molecule has 148 valence electrons.